The van der Waals surface area contributed by atoms with E-state index in [1.807, 2.05) is 6.07 Å². The molecule has 0 aliphatic heterocycles. The first-order chi connectivity index (χ1) is 5.72. The van der Waals surface area contributed by atoms with Crippen LogP contribution in [0.4, 0.5) is 5.69 Å². The van der Waals surface area contributed by atoms with Gasteiger partial charge in [-0.3, -0.25) is 0 Å². The Morgan fingerprint density at radius 3 is 2.77 bits per heavy atom. The molecule has 0 aromatic heterocycles. The van der Waals surface area contributed by atoms with E-state index in [1.165, 1.54) is 0 Å². The molecule has 0 bridgehead atoms. The third kappa shape index (κ3) is 4.53. The van der Waals surface area contributed by atoms with Crippen molar-refractivity contribution in [3.8, 4) is 0 Å². The second-order valence-electron chi connectivity index (χ2n) is 2.08. The maximum Gasteiger partial charge on any atom is 2.00 e. The summed E-state index contributed by atoms with van der Waals surface area (Å²) in [5.74, 6) is -0.339. The Bertz CT molecular complexity index is 278. The number of hydrogen-bond donors (Lipinski definition) is 1. The fraction of sp³-hybridized carbons (Fsp3) is 0. The monoisotopic (exact) mass is 405 g/mol. The first-order valence-corrected chi connectivity index (χ1v) is 4.05. The second-order valence-corrected chi connectivity index (χ2v) is 2.99. The molecule has 1 amide bonds. The molecule has 0 unspecified atom stereocenters. The molecule has 2 nitrogen and oxygen atoms in total. The van der Waals surface area contributed by atoms with Crippen LogP contribution in [0.25, 0.3) is 0 Å². The van der Waals surface area contributed by atoms with Gasteiger partial charge in [0.25, 0.3) is 0 Å². The summed E-state index contributed by atoms with van der Waals surface area (Å²) in [6.45, 7) is 0. The Morgan fingerprint density at radius 2 is 2.31 bits per heavy atom. The van der Waals surface area contributed by atoms with Gasteiger partial charge in [-0.25, -0.2) is 0 Å². The van der Waals surface area contributed by atoms with E-state index < -0.39 is 0 Å². The van der Waals surface area contributed by atoms with E-state index in [0.717, 1.165) is 10.8 Å². The van der Waals surface area contributed by atoms with Crippen LogP contribution in [-0.2, 0) is 25.9 Å². The number of anilines is 1. The molecule has 64 valence electrons. The maximum absolute atomic E-state index is 10.7. The first-order valence-electron chi connectivity index (χ1n) is 3.25. The molecule has 0 saturated carbocycles. The van der Waals surface area contributed by atoms with Gasteiger partial charge in [-0.1, -0.05) is 10.2 Å². The standard InChI is InChI=1S/C8H5BBrNO.W/c9-5-8(12)11-7-3-1-6(10)2-4-7;/h1-3,5H,(H,11,12);/q-2;+2. The van der Waals surface area contributed by atoms with Crippen molar-refractivity contribution in [2.75, 3.05) is 5.32 Å². The average molecular weight is 406 g/mol. The predicted molar refractivity (Wildman–Crippen MR) is 51.7 cm³/mol. The van der Waals surface area contributed by atoms with Crippen molar-refractivity contribution in [1.82, 2.24) is 0 Å². The van der Waals surface area contributed by atoms with Gasteiger partial charge in [-0.15, -0.1) is 22.0 Å². The van der Waals surface area contributed by atoms with Crippen molar-refractivity contribution in [2.24, 2.45) is 0 Å². The van der Waals surface area contributed by atoms with Crippen LogP contribution in [0.3, 0.4) is 0 Å². The Morgan fingerprint density at radius 1 is 1.62 bits per heavy atom. The van der Waals surface area contributed by atoms with Gasteiger partial charge in [-0.05, 0) is 0 Å². The van der Waals surface area contributed by atoms with Gasteiger partial charge in [-0.2, -0.15) is 26.0 Å². The Hall–Kier alpha value is -0.207. The number of halogens is 1. The van der Waals surface area contributed by atoms with Crippen LogP contribution in [-0.4, -0.2) is 13.8 Å². The fourth-order valence-corrected chi connectivity index (χ4v) is 0.905. The molecule has 1 aromatic rings. The number of carbonyl (C=O) groups excluding carboxylic acids is 1. The molecule has 0 fully saturated rings. The van der Waals surface area contributed by atoms with Gasteiger partial charge in [0.1, 0.15) is 0 Å². The first kappa shape index (κ1) is 12.8. The number of nitrogens with one attached hydrogen (secondary N) is 1. The van der Waals surface area contributed by atoms with Crippen molar-refractivity contribution < 1.29 is 25.9 Å². The number of carbonyl (C=O) groups is 1. The van der Waals surface area contributed by atoms with Gasteiger partial charge in [0.15, 0.2) is 0 Å². The Balaban J connectivity index is 0.00000144. The second kappa shape index (κ2) is 6.28. The van der Waals surface area contributed by atoms with Crippen LogP contribution in [0.1, 0.15) is 0 Å². The zero-order valence-corrected chi connectivity index (χ0v) is 11.1. The molecule has 5 heteroatoms. The van der Waals surface area contributed by atoms with Crippen LogP contribution in [0, 0.1) is 12.4 Å². The van der Waals surface area contributed by atoms with E-state index in [0.29, 0.717) is 5.69 Å². The van der Waals surface area contributed by atoms with Crippen molar-refractivity contribution in [3.05, 3.63) is 35.1 Å². The van der Waals surface area contributed by atoms with E-state index >= 15 is 0 Å². The summed E-state index contributed by atoms with van der Waals surface area (Å²) in [4.78, 5) is 10.7. The van der Waals surface area contributed by atoms with Gasteiger partial charge in [0, 0.05) is 0 Å². The van der Waals surface area contributed by atoms with Gasteiger partial charge >= 0.3 is 21.1 Å². The summed E-state index contributed by atoms with van der Waals surface area (Å²) in [6, 6.07) is 8.10. The summed E-state index contributed by atoms with van der Waals surface area (Å²) in [5.41, 5.74) is 0.602. The molecule has 1 aromatic carbocycles. The molecule has 0 atom stereocenters. The minimum Gasteiger partial charge on any atom is -0.375 e. The van der Waals surface area contributed by atoms with Crippen LogP contribution >= 0.6 is 15.9 Å². The molecular weight excluding hydrogens is 401 g/mol. The summed E-state index contributed by atoms with van der Waals surface area (Å²) in [6.07, 6.45) is 0.968. The third-order valence-corrected chi connectivity index (χ3v) is 1.68. The minimum atomic E-state index is -0.339. The van der Waals surface area contributed by atoms with Gasteiger partial charge in [0.05, 0.1) is 5.91 Å². The van der Waals surface area contributed by atoms with Crippen LogP contribution < -0.4 is 5.32 Å². The number of rotatable bonds is 2. The fourth-order valence-electron chi connectivity index (χ4n) is 0.658. The molecule has 0 aliphatic carbocycles. The Labute approximate surface area is 101 Å². The van der Waals surface area contributed by atoms with Crippen LogP contribution in [0.5, 0.6) is 0 Å². The summed E-state index contributed by atoms with van der Waals surface area (Å²) in [5, 5.41) is 2.52. The van der Waals surface area contributed by atoms with Crippen LogP contribution in [0.2, 0.25) is 0 Å². The van der Waals surface area contributed by atoms with E-state index in [9.17, 15) is 4.79 Å². The number of amides is 1. The van der Waals surface area contributed by atoms with Gasteiger partial charge < -0.3 is 16.4 Å². The summed E-state index contributed by atoms with van der Waals surface area (Å²) >= 11 is 3.25. The molecule has 0 heterocycles. The average Bonchev–Trinajstić information content (AvgIpc) is 2.09. The molecule has 2 radical (unpaired) electrons. The van der Waals surface area contributed by atoms with Gasteiger partial charge in [0.2, 0.25) is 0 Å². The normalized spacial score (nSPS) is 8.38. The molecule has 0 aliphatic rings. The number of hydrogen-bond acceptors (Lipinski definition) is 1. The van der Waals surface area contributed by atoms with E-state index in [1.54, 1.807) is 12.1 Å². The Kier molecular flexibility index (Phi) is 6.18. The molecule has 0 spiro atoms. The maximum atomic E-state index is 10.7. The zero-order chi connectivity index (χ0) is 8.97. The zero-order valence-electron chi connectivity index (χ0n) is 6.58. The molecule has 0 saturated heterocycles. The topological polar surface area (TPSA) is 29.1 Å². The third-order valence-electron chi connectivity index (χ3n) is 1.18. The molecule has 1 N–H and O–H groups in total. The SMILES string of the molecule is [B][CH-]C(=O)Nc1[c-]cc(Br)cc1.[W+2]. The molecule has 13 heavy (non-hydrogen) atoms. The van der Waals surface area contributed by atoms with Crippen molar-refractivity contribution in [1.29, 1.82) is 0 Å². The predicted octanol–water partition coefficient (Wildman–Crippen LogP) is 1.52. The number of benzene rings is 1. The summed E-state index contributed by atoms with van der Waals surface area (Å²) in [7, 11) is 4.99. The quantitative estimate of drug-likeness (QED) is 0.587. The molecular formula is C8H5BBrNOW. The largest absolute Gasteiger partial charge is 2.00 e. The van der Waals surface area contributed by atoms with E-state index in [2.05, 4.69) is 27.3 Å². The van der Waals surface area contributed by atoms with Crippen molar-refractivity contribution >= 4 is 35.4 Å². The van der Waals surface area contributed by atoms with Crippen molar-refractivity contribution in [3.63, 3.8) is 0 Å². The summed E-state index contributed by atoms with van der Waals surface area (Å²) < 4.78 is 0.914. The van der Waals surface area contributed by atoms with Crippen LogP contribution in [0.15, 0.2) is 22.7 Å². The van der Waals surface area contributed by atoms with E-state index in [-0.39, 0.29) is 27.0 Å². The minimum absolute atomic E-state index is 0. The smallest absolute Gasteiger partial charge is 0.375 e. The molecule has 1 rings (SSSR count). The van der Waals surface area contributed by atoms with E-state index in [4.69, 9.17) is 7.85 Å². The van der Waals surface area contributed by atoms with Crippen molar-refractivity contribution in [2.45, 2.75) is 0 Å².